The molecule has 0 spiro atoms. The third kappa shape index (κ3) is 4.18. The number of carboxylic acids is 1. The fourth-order valence-electron chi connectivity index (χ4n) is 2.39. The molecule has 0 heterocycles. The summed E-state index contributed by atoms with van der Waals surface area (Å²) < 4.78 is 0.969. The molecule has 0 saturated heterocycles. The summed E-state index contributed by atoms with van der Waals surface area (Å²) in [6.45, 7) is 4.12. The van der Waals surface area contributed by atoms with Crippen LogP contribution in [-0.2, 0) is 17.6 Å². The van der Waals surface area contributed by atoms with Crippen molar-refractivity contribution in [2.45, 2.75) is 26.7 Å². The number of rotatable bonds is 5. The van der Waals surface area contributed by atoms with Crippen LogP contribution in [0.25, 0.3) is 0 Å². The second-order valence-corrected chi connectivity index (χ2v) is 6.31. The summed E-state index contributed by atoms with van der Waals surface area (Å²) in [6, 6.07) is 14.0. The fraction of sp³-hybridized carbons (Fsp3) is 0.278. The summed E-state index contributed by atoms with van der Waals surface area (Å²) in [5, 5.41) is 9.50. The molecule has 110 valence electrons. The smallest absolute Gasteiger partial charge is 0.307 e. The average molecular weight is 347 g/mol. The molecule has 2 nitrogen and oxygen atoms in total. The third-order valence-corrected chi connectivity index (χ3v) is 4.60. The van der Waals surface area contributed by atoms with Gasteiger partial charge in [0.25, 0.3) is 0 Å². The Hall–Kier alpha value is -1.61. The topological polar surface area (TPSA) is 37.3 Å². The predicted octanol–water partition coefficient (Wildman–Crippen LogP) is 4.55. The number of hydrogen-bond donors (Lipinski definition) is 1. The zero-order chi connectivity index (χ0) is 15.4. The van der Waals surface area contributed by atoms with Crippen molar-refractivity contribution < 1.29 is 9.90 Å². The number of halogens is 1. The predicted molar refractivity (Wildman–Crippen MR) is 88.6 cm³/mol. The van der Waals surface area contributed by atoms with Crippen LogP contribution >= 0.6 is 15.9 Å². The second kappa shape index (κ2) is 6.90. The number of carboxylic acid groups (broad SMARTS) is 1. The summed E-state index contributed by atoms with van der Waals surface area (Å²) in [5.74, 6) is -1.16. The molecular formula is C18H19BrO2. The molecule has 21 heavy (non-hydrogen) atoms. The Kier molecular flexibility index (Phi) is 5.18. The number of aryl methyl sites for hydroxylation is 2. The van der Waals surface area contributed by atoms with E-state index in [1.54, 1.807) is 0 Å². The van der Waals surface area contributed by atoms with Gasteiger partial charge in [0.05, 0.1) is 5.92 Å². The van der Waals surface area contributed by atoms with E-state index < -0.39 is 11.9 Å². The van der Waals surface area contributed by atoms with E-state index in [-0.39, 0.29) is 0 Å². The first kappa shape index (κ1) is 15.8. The summed E-state index contributed by atoms with van der Waals surface area (Å²) in [5.41, 5.74) is 4.56. The quantitative estimate of drug-likeness (QED) is 0.861. The van der Waals surface area contributed by atoms with Gasteiger partial charge in [-0.2, -0.15) is 0 Å². The highest BCUT2D eigenvalue weighted by molar-refractivity contribution is 9.10. The van der Waals surface area contributed by atoms with E-state index in [1.165, 1.54) is 11.1 Å². The molecule has 1 atom stereocenters. The summed E-state index contributed by atoms with van der Waals surface area (Å²) >= 11 is 3.49. The highest BCUT2D eigenvalue weighted by atomic mass is 79.9. The Morgan fingerprint density at radius 2 is 1.81 bits per heavy atom. The van der Waals surface area contributed by atoms with Crippen LogP contribution in [0.3, 0.4) is 0 Å². The van der Waals surface area contributed by atoms with Crippen molar-refractivity contribution >= 4 is 21.9 Å². The van der Waals surface area contributed by atoms with Crippen LogP contribution in [0.2, 0.25) is 0 Å². The van der Waals surface area contributed by atoms with Gasteiger partial charge in [0.2, 0.25) is 0 Å². The van der Waals surface area contributed by atoms with E-state index in [2.05, 4.69) is 41.9 Å². The van der Waals surface area contributed by atoms with E-state index in [1.807, 2.05) is 30.3 Å². The molecule has 2 rings (SSSR count). The zero-order valence-corrected chi connectivity index (χ0v) is 13.9. The maximum atomic E-state index is 11.6. The standard InChI is InChI=1S/C18H19BrO2/c1-12-7-8-14(9-13(12)2)10-16(18(20)21)11-15-5-3-4-6-17(15)19/h3-9,16H,10-11H2,1-2H3,(H,20,21). The minimum Gasteiger partial charge on any atom is -0.481 e. The third-order valence-electron chi connectivity index (χ3n) is 3.83. The molecule has 1 unspecified atom stereocenters. The highest BCUT2D eigenvalue weighted by Crippen LogP contribution is 2.22. The molecular weight excluding hydrogens is 328 g/mol. The largest absolute Gasteiger partial charge is 0.481 e. The van der Waals surface area contributed by atoms with Crippen molar-refractivity contribution in [3.63, 3.8) is 0 Å². The van der Waals surface area contributed by atoms with E-state index >= 15 is 0 Å². The number of aliphatic carboxylic acids is 1. The van der Waals surface area contributed by atoms with Gasteiger partial charge in [-0.05, 0) is 55.0 Å². The Bertz CT molecular complexity index is 649. The Labute approximate surface area is 134 Å². The van der Waals surface area contributed by atoms with Crippen molar-refractivity contribution in [1.82, 2.24) is 0 Å². The van der Waals surface area contributed by atoms with Crippen LogP contribution in [0.5, 0.6) is 0 Å². The first-order valence-corrected chi connectivity index (χ1v) is 7.79. The molecule has 2 aromatic rings. The lowest BCUT2D eigenvalue weighted by atomic mass is 9.91. The van der Waals surface area contributed by atoms with Crippen LogP contribution in [-0.4, -0.2) is 11.1 Å². The van der Waals surface area contributed by atoms with E-state index in [0.717, 1.165) is 15.6 Å². The second-order valence-electron chi connectivity index (χ2n) is 5.45. The minimum atomic E-state index is -0.746. The molecule has 0 aliphatic rings. The lowest BCUT2D eigenvalue weighted by molar-refractivity contribution is -0.141. The molecule has 0 fully saturated rings. The lowest BCUT2D eigenvalue weighted by Crippen LogP contribution is -2.19. The average Bonchev–Trinajstić information content (AvgIpc) is 2.44. The van der Waals surface area contributed by atoms with E-state index in [4.69, 9.17) is 0 Å². The maximum absolute atomic E-state index is 11.6. The number of carbonyl (C=O) groups is 1. The molecule has 0 aliphatic heterocycles. The van der Waals surface area contributed by atoms with Crippen LogP contribution in [0.15, 0.2) is 46.9 Å². The molecule has 0 amide bonds. The van der Waals surface area contributed by atoms with Gasteiger partial charge < -0.3 is 5.11 Å². The number of benzene rings is 2. The van der Waals surface area contributed by atoms with Gasteiger partial charge in [0.1, 0.15) is 0 Å². The van der Waals surface area contributed by atoms with Crippen molar-refractivity contribution in [2.75, 3.05) is 0 Å². The van der Waals surface area contributed by atoms with Crippen molar-refractivity contribution in [2.24, 2.45) is 5.92 Å². The summed E-state index contributed by atoms with van der Waals surface area (Å²) in [4.78, 5) is 11.6. The Balaban J connectivity index is 2.18. The van der Waals surface area contributed by atoms with Gasteiger partial charge in [0.15, 0.2) is 0 Å². The first-order chi connectivity index (χ1) is 9.97. The molecule has 0 aliphatic carbocycles. The van der Waals surface area contributed by atoms with Crippen molar-refractivity contribution in [3.8, 4) is 0 Å². The van der Waals surface area contributed by atoms with Crippen LogP contribution in [0.4, 0.5) is 0 Å². The van der Waals surface area contributed by atoms with Crippen LogP contribution in [0, 0.1) is 19.8 Å². The summed E-state index contributed by atoms with van der Waals surface area (Å²) in [7, 11) is 0. The Morgan fingerprint density at radius 3 is 2.43 bits per heavy atom. The maximum Gasteiger partial charge on any atom is 0.307 e. The zero-order valence-electron chi connectivity index (χ0n) is 12.3. The molecule has 1 N–H and O–H groups in total. The van der Waals surface area contributed by atoms with Crippen LogP contribution in [0.1, 0.15) is 22.3 Å². The lowest BCUT2D eigenvalue weighted by Gasteiger charge is -2.14. The first-order valence-electron chi connectivity index (χ1n) is 6.99. The van der Waals surface area contributed by atoms with Gasteiger partial charge in [-0.3, -0.25) is 4.79 Å². The van der Waals surface area contributed by atoms with Crippen LogP contribution < -0.4 is 0 Å². The molecule has 0 radical (unpaired) electrons. The highest BCUT2D eigenvalue weighted by Gasteiger charge is 2.19. The molecule has 3 heteroatoms. The van der Waals surface area contributed by atoms with Gasteiger partial charge in [-0.25, -0.2) is 0 Å². The molecule has 0 aromatic heterocycles. The van der Waals surface area contributed by atoms with Gasteiger partial charge >= 0.3 is 5.97 Å². The van der Waals surface area contributed by atoms with Crippen molar-refractivity contribution in [1.29, 1.82) is 0 Å². The normalized spacial score (nSPS) is 12.1. The Morgan fingerprint density at radius 1 is 1.10 bits per heavy atom. The van der Waals surface area contributed by atoms with Gasteiger partial charge in [-0.1, -0.05) is 52.3 Å². The van der Waals surface area contributed by atoms with Crippen molar-refractivity contribution in [3.05, 3.63) is 69.2 Å². The monoisotopic (exact) mass is 346 g/mol. The van der Waals surface area contributed by atoms with E-state index in [9.17, 15) is 9.90 Å². The molecule has 0 bridgehead atoms. The van der Waals surface area contributed by atoms with Gasteiger partial charge in [0, 0.05) is 4.47 Å². The van der Waals surface area contributed by atoms with Gasteiger partial charge in [-0.15, -0.1) is 0 Å². The minimum absolute atomic E-state index is 0.411. The molecule has 0 saturated carbocycles. The SMILES string of the molecule is Cc1ccc(CC(Cc2ccccc2Br)C(=O)O)cc1C. The molecule has 2 aromatic carbocycles. The van der Waals surface area contributed by atoms with E-state index in [0.29, 0.717) is 12.8 Å². The fourth-order valence-corrected chi connectivity index (χ4v) is 2.84. The number of hydrogen-bond acceptors (Lipinski definition) is 1. The summed E-state index contributed by atoms with van der Waals surface area (Å²) in [6.07, 6.45) is 1.08.